The number of amides is 2. The Bertz CT molecular complexity index is 1390. The Hall–Kier alpha value is -2.59. The third-order valence-corrected chi connectivity index (χ3v) is 8.36. The zero-order valence-electron chi connectivity index (χ0n) is 21.6. The van der Waals surface area contributed by atoms with Crippen LogP contribution in [0, 0.1) is 0 Å². The lowest BCUT2D eigenvalue weighted by molar-refractivity contribution is -0.140. The molecule has 0 fully saturated rings. The van der Waals surface area contributed by atoms with Crippen molar-refractivity contribution in [1.29, 1.82) is 0 Å². The molecule has 2 amide bonds. The molecule has 0 heterocycles. The molecule has 208 valence electrons. The highest BCUT2D eigenvalue weighted by atomic mass is 79.9. The number of sulfonamides is 1. The van der Waals surface area contributed by atoms with Crippen LogP contribution in [0.15, 0.2) is 77.3 Å². The van der Waals surface area contributed by atoms with Gasteiger partial charge in [-0.1, -0.05) is 82.5 Å². The molecular weight excluding hydrogens is 625 g/mol. The highest BCUT2D eigenvalue weighted by Crippen LogP contribution is 2.25. The summed E-state index contributed by atoms with van der Waals surface area (Å²) in [5.41, 5.74) is 1.83. The zero-order chi connectivity index (χ0) is 28.6. The van der Waals surface area contributed by atoms with Crippen molar-refractivity contribution in [2.75, 3.05) is 23.7 Å². The van der Waals surface area contributed by atoms with E-state index < -0.39 is 28.5 Å². The fraction of sp³-hybridized carbons (Fsp3) is 0.286. The average Bonchev–Trinajstić information content (AvgIpc) is 2.90. The lowest BCUT2D eigenvalue weighted by Gasteiger charge is -2.33. The Kier molecular flexibility index (Phi) is 11.2. The average molecular weight is 655 g/mol. The van der Waals surface area contributed by atoms with Crippen molar-refractivity contribution in [3.05, 3.63) is 98.4 Å². The smallest absolute Gasteiger partial charge is 0.244 e. The van der Waals surface area contributed by atoms with Crippen LogP contribution in [-0.4, -0.2) is 50.5 Å². The third kappa shape index (κ3) is 8.96. The first-order valence-electron chi connectivity index (χ1n) is 12.3. The molecule has 0 aliphatic carbocycles. The van der Waals surface area contributed by atoms with Gasteiger partial charge in [-0.25, -0.2) is 8.42 Å². The van der Waals surface area contributed by atoms with Crippen LogP contribution in [0.3, 0.4) is 0 Å². The molecule has 3 rings (SSSR count). The van der Waals surface area contributed by atoms with Gasteiger partial charge in [0, 0.05) is 24.0 Å². The summed E-state index contributed by atoms with van der Waals surface area (Å²) in [6.45, 7) is 1.90. The van der Waals surface area contributed by atoms with Crippen LogP contribution in [0.5, 0.6) is 0 Å². The molecule has 1 N–H and O–H groups in total. The molecule has 0 aliphatic rings. The van der Waals surface area contributed by atoms with Crippen molar-refractivity contribution < 1.29 is 18.0 Å². The molecule has 0 saturated heterocycles. The summed E-state index contributed by atoms with van der Waals surface area (Å²) < 4.78 is 27.4. The van der Waals surface area contributed by atoms with Crippen LogP contribution in [0.2, 0.25) is 10.0 Å². The Labute approximate surface area is 248 Å². The molecule has 7 nitrogen and oxygen atoms in total. The minimum atomic E-state index is -3.83. The number of anilines is 1. The molecule has 0 aromatic heterocycles. The summed E-state index contributed by atoms with van der Waals surface area (Å²) in [6, 6.07) is 20.0. The van der Waals surface area contributed by atoms with Crippen molar-refractivity contribution in [1.82, 2.24) is 10.2 Å². The standard InChI is InChI=1S/C28H30BrCl2N3O4S/c1-3-15-32-28(36)26(17-20-7-5-4-6-8-20)33(18-21-9-14-24(30)25(31)16-21)27(35)19-34(39(2,37)38)23-12-10-22(29)11-13-23/h4-14,16,26H,3,15,17-19H2,1-2H3,(H,32,36). The van der Waals surface area contributed by atoms with Crippen molar-refractivity contribution >= 4 is 66.7 Å². The number of carbonyl (C=O) groups is 2. The Morgan fingerprint density at radius 3 is 2.21 bits per heavy atom. The van der Waals surface area contributed by atoms with Crippen LogP contribution < -0.4 is 9.62 Å². The maximum atomic E-state index is 14.0. The van der Waals surface area contributed by atoms with Gasteiger partial charge in [-0.2, -0.15) is 0 Å². The van der Waals surface area contributed by atoms with E-state index >= 15 is 0 Å². The monoisotopic (exact) mass is 653 g/mol. The summed E-state index contributed by atoms with van der Waals surface area (Å²) >= 11 is 15.7. The van der Waals surface area contributed by atoms with Gasteiger partial charge in [0.05, 0.1) is 22.0 Å². The molecule has 39 heavy (non-hydrogen) atoms. The first-order valence-corrected chi connectivity index (χ1v) is 15.7. The van der Waals surface area contributed by atoms with Crippen LogP contribution in [-0.2, 0) is 32.6 Å². The van der Waals surface area contributed by atoms with E-state index in [1.807, 2.05) is 37.3 Å². The highest BCUT2D eigenvalue weighted by molar-refractivity contribution is 9.10. The van der Waals surface area contributed by atoms with Crippen molar-refractivity contribution in [2.24, 2.45) is 0 Å². The second-order valence-corrected chi connectivity index (χ2v) is 12.6. The van der Waals surface area contributed by atoms with E-state index in [1.54, 1.807) is 42.5 Å². The zero-order valence-corrected chi connectivity index (χ0v) is 25.5. The van der Waals surface area contributed by atoms with E-state index in [0.29, 0.717) is 27.8 Å². The highest BCUT2D eigenvalue weighted by Gasteiger charge is 2.33. The lowest BCUT2D eigenvalue weighted by atomic mass is 10.0. The van der Waals surface area contributed by atoms with Crippen LogP contribution in [0.1, 0.15) is 24.5 Å². The first kappa shape index (κ1) is 30.9. The molecule has 11 heteroatoms. The number of halogens is 3. The summed E-state index contributed by atoms with van der Waals surface area (Å²) in [5.74, 6) is -0.870. The molecule has 3 aromatic rings. The van der Waals surface area contributed by atoms with E-state index in [-0.39, 0.29) is 18.9 Å². The summed E-state index contributed by atoms with van der Waals surface area (Å²) in [5, 5.41) is 3.57. The van der Waals surface area contributed by atoms with Crippen LogP contribution >= 0.6 is 39.1 Å². The maximum absolute atomic E-state index is 14.0. The Morgan fingerprint density at radius 2 is 1.62 bits per heavy atom. The van der Waals surface area contributed by atoms with Gasteiger partial charge in [-0.05, 0) is 53.9 Å². The van der Waals surface area contributed by atoms with Gasteiger partial charge in [0.1, 0.15) is 12.6 Å². The van der Waals surface area contributed by atoms with E-state index in [0.717, 1.165) is 27.0 Å². The third-order valence-electron chi connectivity index (χ3n) is 5.95. The van der Waals surface area contributed by atoms with Gasteiger partial charge < -0.3 is 10.2 Å². The number of nitrogens with zero attached hydrogens (tertiary/aromatic N) is 2. The topological polar surface area (TPSA) is 86.8 Å². The summed E-state index contributed by atoms with van der Waals surface area (Å²) in [7, 11) is -3.83. The molecule has 3 aromatic carbocycles. The Balaban J connectivity index is 2.05. The SMILES string of the molecule is CCCNC(=O)C(Cc1ccccc1)N(Cc1ccc(Cl)c(Cl)c1)C(=O)CN(c1ccc(Br)cc1)S(C)(=O)=O. The second kappa shape index (κ2) is 14.2. The van der Waals surface area contributed by atoms with Gasteiger partial charge in [0.25, 0.3) is 0 Å². The fourth-order valence-corrected chi connectivity index (χ4v) is 5.41. The predicted octanol–water partition coefficient (Wildman–Crippen LogP) is 5.69. The van der Waals surface area contributed by atoms with Gasteiger partial charge in [0.15, 0.2) is 0 Å². The molecule has 0 spiro atoms. The number of hydrogen-bond acceptors (Lipinski definition) is 4. The number of nitrogens with one attached hydrogen (secondary N) is 1. The largest absolute Gasteiger partial charge is 0.354 e. The van der Waals surface area contributed by atoms with E-state index in [2.05, 4.69) is 21.2 Å². The van der Waals surface area contributed by atoms with Gasteiger partial charge in [0.2, 0.25) is 21.8 Å². The van der Waals surface area contributed by atoms with Crippen molar-refractivity contribution in [3.8, 4) is 0 Å². The molecule has 0 saturated carbocycles. The predicted molar refractivity (Wildman–Crippen MR) is 161 cm³/mol. The fourth-order valence-electron chi connectivity index (χ4n) is 3.98. The minimum Gasteiger partial charge on any atom is -0.354 e. The molecule has 1 unspecified atom stereocenters. The van der Waals surface area contributed by atoms with Crippen molar-refractivity contribution in [3.63, 3.8) is 0 Å². The summed E-state index contributed by atoms with van der Waals surface area (Å²) in [4.78, 5) is 28.9. The Morgan fingerprint density at radius 1 is 0.949 bits per heavy atom. The number of rotatable bonds is 12. The number of carbonyl (C=O) groups excluding carboxylic acids is 2. The van der Waals surface area contributed by atoms with Gasteiger partial charge >= 0.3 is 0 Å². The molecule has 1 atom stereocenters. The van der Waals surface area contributed by atoms with Crippen LogP contribution in [0.25, 0.3) is 0 Å². The van der Waals surface area contributed by atoms with E-state index in [4.69, 9.17) is 23.2 Å². The maximum Gasteiger partial charge on any atom is 0.244 e. The molecule has 0 aliphatic heterocycles. The summed E-state index contributed by atoms with van der Waals surface area (Å²) in [6.07, 6.45) is 2.00. The second-order valence-electron chi connectivity index (χ2n) is 9.01. The normalized spacial score (nSPS) is 12.0. The molecule has 0 radical (unpaired) electrons. The molecule has 0 bridgehead atoms. The van der Waals surface area contributed by atoms with Gasteiger partial charge in [-0.15, -0.1) is 0 Å². The number of hydrogen-bond donors (Lipinski definition) is 1. The molecular formula is C28H30BrCl2N3O4S. The van der Waals surface area contributed by atoms with E-state index in [1.165, 1.54) is 4.90 Å². The quantitative estimate of drug-likeness (QED) is 0.272. The van der Waals surface area contributed by atoms with Gasteiger partial charge in [-0.3, -0.25) is 13.9 Å². The lowest BCUT2D eigenvalue weighted by Crippen LogP contribution is -2.53. The van der Waals surface area contributed by atoms with Crippen LogP contribution in [0.4, 0.5) is 5.69 Å². The minimum absolute atomic E-state index is 0.0186. The van der Waals surface area contributed by atoms with E-state index in [9.17, 15) is 18.0 Å². The first-order chi connectivity index (χ1) is 18.5. The number of benzene rings is 3. The van der Waals surface area contributed by atoms with Crippen molar-refractivity contribution in [2.45, 2.75) is 32.4 Å².